The van der Waals surface area contributed by atoms with E-state index in [9.17, 15) is 4.79 Å². The highest BCUT2D eigenvalue weighted by Crippen LogP contribution is 2.29. The van der Waals surface area contributed by atoms with Crippen molar-refractivity contribution in [1.82, 2.24) is 0 Å². The number of ether oxygens (including phenoxy) is 2. The Morgan fingerprint density at radius 1 is 1.57 bits per heavy atom. The zero-order chi connectivity index (χ0) is 10.4. The van der Waals surface area contributed by atoms with Gasteiger partial charge >= 0.3 is 11.9 Å². The van der Waals surface area contributed by atoms with E-state index in [2.05, 4.69) is 25.3 Å². The number of allylic oxidation sites excluding steroid dienone is 1. The first-order valence-corrected chi connectivity index (χ1v) is 4.75. The van der Waals surface area contributed by atoms with Gasteiger partial charge in [0.25, 0.3) is 0 Å². The minimum atomic E-state index is -0.962. The molecule has 0 saturated carbocycles. The lowest BCUT2D eigenvalue weighted by Gasteiger charge is -2.34. The van der Waals surface area contributed by atoms with E-state index in [4.69, 9.17) is 9.47 Å². The average Bonchev–Trinajstić information content (AvgIpc) is 2.12. The van der Waals surface area contributed by atoms with Crippen molar-refractivity contribution in [3.05, 3.63) is 12.7 Å². The van der Waals surface area contributed by atoms with Crippen molar-refractivity contribution in [3.8, 4) is 11.8 Å². The van der Waals surface area contributed by atoms with Crippen molar-refractivity contribution >= 4 is 6.16 Å². The molecule has 0 atom stereocenters. The van der Waals surface area contributed by atoms with Crippen LogP contribution in [0.3, 0.4) is 0 Å². The van der Waals surface area contributed by atoms with Crippen molar-refractivity contribution in [2.24, 2.45) is 0 Å². The first-order valence-electron chi connectivity index (χ1n) is 4.75. The van der Waals surface area contributed by atoms with Crippen LogP contribution < -0.4 is 0 Å². The number of cyclic esters (lactones) is 2. The summed E-state index contributed by atoms with van der Waals surface area (Å²) in [5.74, 6) is 4.69. The topological polar surface area (TPSA) is 35.5 Å². The van der Waals surface area contributed by atoms with Crippen LogP contribution in [-0.2, 0) is 9.47 Å². The Labute approximate surface area is 84.1 Å². The third-order valence-corrected chi connectivity index (χ3v) is 1.88. The second kappa shape index (κ2) is 4.71. The maximum absolute atomic E-state index is 10.6. The molecule has 0 N–H and O–H groups in total. The fourth-order valence-corrected chi connectivity index (χ4v) is 1.16. The first kappa shape index (κ1) is 10.6. The molecular weight excluding hydrogens is 180 g/mol. The van der Waals surface area contributed by atoms with Gasteiger partial charge in [-0.05, 0) is 12.3 Å². The molecule has 0 radical (unpaired) electrons. The Kier molecular flexibility index (Phi) is 3.58. The fourth-order valence-electron chi connectivity index (χ4n) is 1.16. The fraction of sp³-hybridized carbons (Fsp3) is 0.545. The monoisotopic (exact) mass is 194 g/mol. The van der Waals surface area contributed by atoms with Crippen LogP contribution in [-0.4, -0.2) is 11.9 Å². The van der Waals surface area contributed by atoms with E-state index in [1.165, 1.54) is 0 Å². The van der Waals surface area contributed by atoms with Crippen LogP contribution in [0.25, 0.3) is 0 Å². The number of hydrogen-bond acceptors (Lipinski definition) is 3. The molecule has 1 rings (SSSR count). The molecular formula is C11H14O3. The normalized spacial score (nSPS) is 16.8. The van der Waals surface area contributed by atoms with Crippen molar-refractivity contribution in [1.29, 1.82) is 0 Å². The van der Waals surface area contributed by atoms with Gasteiger partial charge in [0.05, 0.1) is 0 Å². The predicted molar refractivity (Wildman–Crippen MR) is 52.4 cm³/mol. The summed E-state index contributed by atoms with van der Waals surface area (Å²) in [5.41, 5.74) is 0. The van der Waals surface area contributed by atoms with Gasteiger partial charge in [-0.1, -0.05) is 25.3 Å². The molecule has 1 heterocycles. The Morgan fingerprint density at radius 2 is 2.29 bits per heavy atom. The third-order valence-electron chi connectivity index (χ3n) is 1.88. The van der Waals surface area contributed by atoms with Crippen molar-refractivity contribution < 1.29 is 14.3 Å². The van der Waals surface area contributed by atoms with Crippen molar-refractivity contribution in [2.75, 3.05) is 0 Å². The molecule has 0 aliphatic carbocycles. The van der Waals surface area contributed by atoms with Crippen LogP contribution in [0.5, 0.6) is 0 Å². The number of hydrogen-bond donors (Lipinski definition) is 0. The Bertz CT molecular complexity index is 275. The van der Waals surface area contributed by atoms with E-state index in [0.717, 1.165) is 12.8 Å². The van der Waals surface area contributed by atoms with Gasteiger partial charge in [0, 0.05) is 12.8 Å². The second-order valence-corrected chi connectivity index (χ2v) is 3.11. The van der Waals surface area contributed by atoms with Crippen LogP contribution in [0, 0.1) is 11.8 Å². The summed E-state index contributed by atoms with van der Waals surface area (Å²) in [4.78, 5) is 10.6. The number of carbonyl (C=O) groups excluding carboxylic acids is 1. The highest BCUT2D eigenvalue weighted by Gasteiger charge is 2.46. The van der Waals surface area contributed by atoms with Crippen molar-refractivity contribution in [2.45, 2.75) is 38.4 Å². The van der Waals surface area contributed by atoms with E-state index >= 15 is 0 Å². The molecule has 1 aliphatic heterocycles. The lowest BCUT2D eigenvalue weighted by Crippen LogP contribution is -2.49. The minimum absolute atomic E-state index is 0.578. The molecule has 0 aromatic rings. The molecule has 0 bridgehead atoms. The van der Waals surface area contributed by atoms with Crippen LogP contribution >= 0.6 is 0 Å². The van der Waals surface area contributed by atoms with Crippen LogP contribution in [0.15, 0.2) is 12.7 Å². The van der Waals surface area contributed by atoms with Gasteiger partial charge in [-0.25, -0.2) is 4.79 Å². The quantitative estimate of drug-likeness (QED) is 0.392. The van der Waals surface area contributed by atoms with Crippen LogP contribution in [0.2, 0.25) is 0 Å². The molecule has 0 spiro atoms. The van der Waals surface area contributed by atoms with Crippen LogP contribution in [0.1, 0.15) is 32.6 Å². The zero-order valence-corrected chi connectivity index (χ0v) is 8.34. The third kappa shape index (κ3) is 2.53. The van der Waals surface area contributed by atoms with E-state index in [0.29, 0.717) is 12.8 Å². The number of unbranched alkanes of at least 4 members (excludes halogenated alkanes) is 1. The summed E-state index contributed by atoms with van der Waals surface area (Å²) in [6.45, 7) is 5.61. The molecule has 3 nitrogen and oxygen atoms in total. The van der Waals surface area contributed by atoms with Gasteiger partial charge in [0.2, 0.25) is 0 Å². The standard InChI is InChI=1S/C11H14O3/c1-3-5-7-9-11(8-6-4-2)13-10(12)14-11/h3H,1,4-6,8H2,2H3. The number of carbonyl (C=O) groups is 1. The van der Waals surface area contributed by atoms with E-state index < -0.39 is 11.9 Å². The molecule has 0 aromatic carbocycles. The molecule has 0 aromatic heterocycles. The molecule has 1 aliphatic rings. The molecule has 0 unspecified atom stereocenters. The molecule has 76 valence electrons. The zero-order valence-electron chi connectivity index (χ0n) is 8.34. The Balaban J connectivity index is 2.51. The predicted octanol–water partition coefficient (Wildman–Crippen LogP) is 2.62. The van der Waals surface area contributed by atoms with Crippen LogP contribution in [0.4, 0.5) is 4.79 Å². The second-order valence-electron chi connectivity index (χ2n) is 3.11. The Hall–Kier alpha value is -1.43. The van der Waals surface area contributed by atoms with Gasteiger partial charge in [-0.3, -0.25) is 0 Å². The average molecular weight is 194 g/mol. The maximum Gasteiger partial charge on any atom is 0.516 e. The molecule has 3 heteroatoms. The summed E-state index contributed by atoms with van der Waals surface area (Å²) < 4.78 is 9.81. The summed E-state index contributed by atoms with van der Waals surface area (Å²) in [6.07, 6.45) is 4.23. The maximum atomic E-state index is 10.6. The van der Waals surface area contributed by atoms with Gasteiger partial charge in [-0.15, -0.1) is 6.58 Å². The Morgan fingerprint density at radius 3 is 2.79 bits per heavy atom. The van der Waals surface area contributed by atoms with E-state index in [1.54, 1.807) is 6.08 Å². The minimum Gasteiger partial charge on any atom is -0.379 e. The summed E-state index contributed by atoms with van der Waals surface area (Å²) in [7, 11) is 0. The number of rotatable bonds is 4. The largest absolute Gasteiger partial charge is 0.516 e. The lowest BCUT2D eigenvalue weighted by atomic mass is 10.1. The molecule has 1 saturated heterocycles. The van der Waals surface area contributed by atoms with E-state index in [1.807, 2.05) is 0 Å². The molecule has 1 fully saturated rings. The SMILES string of the molecule is C=CCC#CC1(CCCC)OC(=O)O1. The highest BCUT2D eigenvalue weighted by molar-refractivity contribution is 5.67. The van der Waals surface area contributed by atoms with Gasteiger partial charge in [0.15, 0.2) is 0 Å². The van der Waals surface area contributed by atoms with Gasteiger partial charge in [-0.2, -0.15) is 0 Å². The molecule has 14 heavy (non-hydrogen) atoms. The van der Waals surface area contributed by atoms with Gasteiger partial charge in [0.1, 0.15) is 0 Å². The van der Waals surface area contributed by atoms with E-state index in [-0.39, 0.29) is 0 Å². The highest BCUT2D eigenvalue weighted by atomic mass is 16.9. The lowest BCUT2D eigenvalue weighted by molar-refractivity contribution is -0.237. The molecule has 0 amide bonds. The smallest absolute Gasteiger partial charge is 0.379 e. The summed E-state index contributed by atoms with van der Waals surface area (Å²) in [5, 5.41) is 0. The van der Waals surface area contributed by atoms with Gasteiger partial charge < -0.3 is 9.47 Å². The summed E-state index contributed by atoms with van der Waals surface area (Å²) in [6, 6.07) is 0. The first-order chi connectivity index (χ1) is 6.72. The summed E-state index contributed by atoms with van der Waals surface area (Å²) >= 11 is 0. The van der Waals surface area contributed by atoms with Crippen molar-refractivity contribution in [3.63, 3.8) is 0 Å².